The third-order valence-corrected chi connectivity index (χ3v) is 4.39. The molecule has 128 valence electrons. The molecule has 2 aromatic rings. The SMILES string of the molecule is Cl.O=C(Nc1ccc(C2CNCCO2)cc1)c1ccc(Cl)c(Cl)c1. The highest BCUT2D eigenvalue weighted by molar-refractivity contribution is 6.42. The van der Waals surface area contributed by atoms with Gasteiger partial charge in [-0.3, -0.25) is 4.79 Å². The van der Waals surface area contributed by atoms with Crippen molar-refractivity contribution in [3.63, 3.8) is 0 Å². The minimum Gasteiger partial charge on any atom is -0.371 e. The molecule has 1 atom stereocenters. The van der Waals surface area contributed by atoms with E-state index in [1.165, 1.54) is 0 Å². The third-order valence-electron chi connectivity index (χ3n) is 3.65. The zero-order valence-electron chi connectivity index (χ0n) is 12.7. The van der Waals surface area contributed by atoms with Gasteiger partial charge in [-0.1, -0.05) is 35.3 Å². The summed E-state index contributed by atoms with van der Waals surface area (Å²) in [5.41, 5.74) is 2.27. The first-order valence-electron chi connectivity index (χ1n) is 7.32. The van der Waals surface area contributed by atoms with E-state index in [0.717, 1.165) is 18.7 Å². The van der Waals surface area contributed by atoms with Crippen molar-refractivity contribution < 1.29 is 9.53 Å². The van der Waals surface area contributed by atoms with Crippen LogP contribution in [0.3, 0.4) is 0 Å². The number of ether oxygens (including phenoxy) is 1. The van der Waals surface area contributed by atoms with Crippen LogP contribution in [0.4, 0.5) is 5.69 Å². The quantitative estimate of drug-likeness (QED) is 0.824. The maximum atomic E-state index is 12.2. The second-order valence-electron chi connectivity index (χ2n) is 5.27. The van der Waals surface area contributed by atoms with Crippen LogP contribution in [0.1, 0.15) is 22.0 Å². The molecule has 1 saturated heterocycles. The maximum absolute atomic E-state index is 12.2. The molecule has 24 heavy (non-hydrogen) atoms. The molecule has 1 fully saturated rings. The molecule has 2 aromatic carbocycles. The van der Waals surface area contributed by atoms with Crippen molar-refractivity contribution in [3.05, 3.63) is 63.6 Å². The smallest absolute Gasteiger partial charge is 0.255 e. The van der Waals surface area contributed by atoms with Crippen LogP contribution < -0.4 is 10.6 Å². The first kappa shape index (κ1) is 19.0. The second kappa shape index (κ2) is 8.70. The molecule has 0 bridgehead atoms. The molecule has 1 aliphatic heterocycles. The molecular weight excluding hydrogens is 371 g/mol. The molecule has 0 spiro atoms. The summed E-state index contributed by atoms with van der Waals surface area (Å²) in [4.78, 5) is 12.2. The topological polar surface area (TPSA) is 50.4 Å². The van der Waals surface area contributed by atoms with E-state index in [-0.39, 0.29) is 24.4 Å². The number of halogens is 3. The fourth-order valence-corrected chi connectivity index (χ4v) is 2.70. The van der Waals surface area contributed by atoms with Gasteiger partial charge in [-0.25, -0.2) is 0 Å². The molecular formula is C17H17Cl3N2O2. The summed E-state index contributed by atoms with van der Waals surface area (Å²) < 4.78 is 5.70. The molecule has 1 amide bonds. The summed E-state index contributed by atoms with van der Waals surface area (Å²) in [6, 6.07) is 12.4. The minimum atomic E-state index is -0.230. The van der Waals surface area contributed by atoms with E-state index in [1.807, 2.05) is 24.3 Å². The molecule has 1 aliphatic rings. The van der Waals surface area contributed by atoms with Crippen molar-refractivity contribution in [2.45, 2.75) is 6.10 Å². The predicted molar refractivity (Wildman–Crippen MR) is 99.7 cm³/mol. The Morgan fingerprint density at radius 2 is 1.88 bits per heavy atom. The first-order valence-corrected chi connectivity index (χ1v) is 8.08. The van der Waals surface area contributed by atoms with Gasteiger partial charge in [-0.05, 0) is 35.9 Å². The zero-order chi connectivity index (χ0) is 16.2. The van der Waals surface area contributed by atoms with E-state index in [0.29, 0.717) is 27.9 Å². The number of nitrogens with one attached hydrogen (secondary N) is 2. The van der Waals surface area contributed by atoms with E-state index in [9.17, 15) is 4.79 Å². The lowest BCUT2D eigenvalue weighted by Crippen LogP contribution is -2.33. The van der Waals surface area contributed by atoms with Crippen molar-refractivity contribution in [1.29, 1.82) is 0 Å². The number of anilines is 1. The van der Waals surface area contributed by atoms with Gasteiger partial charge in [0.05, 0.1) is 22.8 Å². The Morgan fingerprint density at radius 1 is 1.12 bits per heavy atom. The molecule has 3 rings (SSSR count). The van der Waals surface area contributed by atoms with Gasteiger partial charge in [0.1, 0.15) is 0 Å². The fraction of sp³-hybridized carbons (Fsp3) is 0.235. The number of carbonyl (C=O) groups excluding carboxylic acids is 1. The summed E-state index contributed by atoms with van der Waals surface area (Å²) >= 11 is 11.8. The largest absolute Gasteiger partial charge is 0.371 e. The Labute approximate surface area is 156 Å². The van der Waals surface area contributed by atoms with Gasteiger partial charge < -0.3 is 15.4 Å². The maximum Gasteiger partial charge on any atom is 0.255 e. The van der Waals surface area contributed by atoms with Crippen molar-refractivity contribution in [2.24, 2.45) is 0 Å². The van der Waals surface area contributed by atoms with Crippen LogP contribution >= 0.6 is 35.6 Å². The van der Waals surface area contributed by atoms with Gasteiger partial charge in [-0.15, -0.1) is 12.4 Å². The average Bonchev–Trinajstić information content (AvgIpc) is 2.59. The standard InChI is InChI=1S/C17H16Cl2N2O2.ClH/c18-14-6-3-12(9-15(14)19)17(22)21-13-4-1-11(2-5-13)16-10-20-7-8-23-16;/h1-6,9,16,20H,7-8,10H2,(H,21,22);1H. The first-order chi connectivity index (χ1) is 11.1. The Kier molecular flexibility index (Phi) is 6.90. The lowest BCUT2D eigenvalue weighted by molar-refractivity contribution is 0.0277. The van der Waals surface area contributed by atoms with Gasteiger partial charge >= 0.3 is 0 Å². The molecule has 0 aliphatic carbocycles. The van der Waals surface area contributed by atoms with Crippen LogP contribution in [0.25, 0.3) is 0 Å². The van der Waals surface area contributed by atoms with Crippen LogP contribution in [0.15, 0.2) is 42.5 Å². The fourth-order valence-electron chi connectivity index (χ4n) is 2.40. The van der Waals surface area contributed by atoms with Crippen LogP contribution in [-0.2, 0) is 4.74 Å². The highest BCUT2D eigenvalue weighted by Gasteiger charge is 2.15. The number of rotatable bonds is 3. The van der Waals surface area contributed by atoms with Gasteiger partial charge in [0, 0.05) is 24.3 Å². The van der Waals surface area contributed by atoms with Crippen LogP contribution in [-0.4, -0.2) is 25.6 Å². The zero-order valence-corrected chi connectivity index (χ0v) is 15.0. The molecule has 7 heteroatoms. The lowest BCUT2D eigenvalue weighted by Gasteiger charge is -2.24. The monoisotopic (exact) mass is 386 g/mol. The minimum absolute atomic E-state index is 0. The van der Waals surface area contributed by atoms with Gasteiger partial charge in [-0.2, -0.15) is 0 Å². The summed E-state index contributed by atoms with van der Waals surface area (Å²) in [6.07, 6.45) is 0.0589. The normalized spacial score (nSPS) is 17.0. The molecule has 0 aromatic heterocycles. The van der Waals surface area contributed by atoms with E-state index in [4.69, 9.17) is 27.9 Å². The van der Waals surface area contributed by atoms with Gasteiger partial charge in [0.15, 0.2) is 0 Å². The number of morpholine rings is 1. The number of carbonyl (C=O) groups is 1. The predicted octanol–water partition coefficient (Wildman–Crippen LogP) is 4.33. The molecule has 1 heterocycles. The van der Waals surface area contributed by atoms with E-state index >= 15 is 0 Å². The highest BCUT2D eigenvalue weighted by Crippen LogP contribution is 2.24. The van der Waals surface area contributed by atoms with Crippen molar-refractivity contribution >= 4 is 47.2 Å². The number of hydrogen-bond donors (Lipinski definition) is 2. The van der Waals surface area contributed by atoms with E-state index in [1.54, 1.807) is 18.2 Å². The Balaban J connectivity index is 0.00000208. The number of benzene rings is 2. The van der Waals surface area contributed by atoms with Gasteiger partial charge in [0.25, 0.3) is 5.91 Å². The molecule has 0 saturated carbocycles. The van der Waals surface area contributed by atoms with Gasteiger partial charge in [0.2, 0.25) is 0 Å². The van der Waals surface area contributed by atoms with Crippen molar-refractivity contribution in [2.75, 3.05) is 25.0 Å². The summed E-state index contributed by atoms with van der Waals surface area (Å²) in [5.74, 6) is -0.230. The van der Waals surface area contributed by atoms with Crippen molar-refractivity contribution in [3.8, 4) is 0 Å². The summed E-state index contributed by atoms with van der Waals surface area (Å²) in [7, 11) is 0. The highest BCUT2D eigenvalue weighted by atomic mass is 35.5. The molecule has 2 N–H and O–H groups in total. The third kappa shape index (κ3) is 4.62. The Bertz CT molecular complexity index is 701. The molecule has 4 nitrogen and oxygen atoms in total. The second-order valence-corrected chi connectivity index (χ2v) is 6.08. The van der Waals surface area contributed by atoms with Crippen LogP contribution in [0.2, 0.25) is 10.0 Å². The molecule has 1 unspecified atom stereocenters. The summed E-state index contributed by atoms with van der Waals surface area (Å²) in [5, 5.41) is 6.91. The van der Waals surface area contributed by atoms with E-state index in [2.05, 4.69) is 10.6 Å². The lowest BCUT2D eigenvalue weighted by atomic mass is 10.1. The average molecular weight is 388 g/mol. The number of amides is 1. The Hall–Kier alpha value is -1.30. The van der Waals surface area contributed by atoms with E-state index < -0.39 is 0 Å². The molecule has 0 radical (unpaired) electrons. The summed E-state index contributed by atoms with van der Waals surface area (Å²) in [6.45, 7) is 2.39. The van der Waals surface area contributed by atoms with Crippen LogP contribution in [0, 0.1) is 0 Å². The van der Waals surface area contributed by atoms with Crippen molar-refractivity contribution in [1.82, 2.24) is 5.32 Å². The number of hydrogen-bond acceptors (Lipinski definition) is 3. The Morgan fingerprint density at radius 3 is 2.50 bits per heavy atom. The van der Waals surface area contributed by atoms with Crippen LogP contribution in [0.5, 0.6) is 0 Å².